The van der Waals surface area contributed by atoms with Crippen molar-refractivity contribution in [3.63, 3.8) is 0 Å². The van der Waals surface area contributed by atoms with Crippen molar-refractivity contribution >= 4 is 45.9 Å². The van der Waals surface area contributed by atoms with Crippen LogP contribution in [0.2, 0.25) is 0 Å². The van der Waals surface area contributed by atoms with Gasteiger partial charge in [0.2, 0.25) is 10.0 Å². The minimum Gasteiger partial charge on any atom is -0.466 e. The first kappa shape index (κ1) is 25.6. The molecule has 0 amide bonds. The maximum atomic E-state index is 12.3. The van der Waals surface area contributed by atoms with Crippen molar-refractivity contribution in [3.8, 4) is 0 Å². The summed E-state index contributed by atoms with van der Waals surface area (Å²) in [6.45, 7) is 6.05. The summed E-state index contributed by atoms with van der Waals surface area (Å²) in [5.74, 6) is 0.323. The third kappa shape index (κ3) is 7.74. The van der Waals surface area contributed by atoms with E-state index < -0.39 is 10.0 Å². The van der Waals surface area contributed by atoms with E-state index in [1.165, 1.54) is 0 Å². The Hall–Kier alpha value is -1.40. The van der Waals surface area contributed by atoms with Gasteiger partial charge in [-0.1, -0.05) is 17.7 Å². The molecule has 1 aliphatic rings. The molecule has 1 saturated heterocycles. The summed E-state index contributed by atoms with van der Waals surface area (Å²) in [7, 11) is -1.86. The largest absolute Gasteiger partial charge is 0.466 e. The normalized spacial score (nSPS) is 17.4. The molecular formula is C19H31IN4O4S. The van der Waals surface area contributed by atoms with E-state index in [0.29, 0.717) is 25.7 Å². The average molecular weight is 538 g/mol. The van der Waals surface area contributed by atoms with Gasteiger partial charge in [0.1, 0.15) is 0 Å². The van der Waals surface area contributed by atoms with E-state index in [-0.39, 0.29) is 47.3 Å². The van der Waals surface area contributed by atoms with Gasteiger partial charge in [-0.15, -0.1) is 24.0 Å². The molecule has 8 nitrogen and oxygen atoms in total. The fraction of sp³-hybridized carbons (Fsp3) is 0.579. The van der Waals surface area contributed by atoms with Gasteiger partial charge in [0.15, 0.2) is 5.96 Å². The Balaban J connectivity index is 0.00000420. The summed E-state index contributed by atoms with van der Waals surface area (Å²) < 4.78 is 32.3. The van der Waals surface area contributed by atoms with Gasteiger partial charge in [0.05, 0.1) is 17.4 Å². The van der Waals surface area contributed by atoms with Crippen LogP contribution in [-0.4, -0.2) is 65.1 Å². The molecule has 1 unspecified atom stereocenters. The van der Waals surface area contributed by atoms with Gasteiger partial charge < -0.3 is 15.0 Å². The van der Waals surface area contributed by atoms with Gasteiger partial charge in [0, 0.05) is 33.2 Å². The van der Waals surface area contributed by atoms with Crippen molar-refractivity contribution in [2.75, 3.05) is 39.8 Å². The summed E-state index contributed by atoms with van der Waals surface area (Å²) in [4.78, 5) is 18.5. The molecule has 0 saturated carbocycles. The number of halogens is 1. The van der Waals surface area contributed by atoms with Crippen LogP contribution in [0.1, 0.15) is 25.3 Å². The van der Waals surface area contributed by atoms with Crippen LogP contribution in [0.5, 0.6) is 0 Å². The number of nitrogens with zero attached hydrogens (tertiary/aromatic N) is 2. The fourth-order valence-corrected chi connectivity index (χ4v) is 4.15. The van der Waals surface area contributed by atoms with Gasteiger partial charge in [-0.2, -0.15) is 0 Å². The number of ether oxygens (including phenoxy) is 1. The maximum Gasteiger partial charge on any atom is 0.310 e. The Labute approximate surface area is 190 Å². The Bertz CT molecular complexity index is 784. The van der Waals surface area contributed by atoms with Crippen LogP contribution in [-0.2, 0) is 19.6 Å². The standard InChI is InChI=1S/C19H30N4O4S.HI/c1-4-27-18(24)16-6-5-13-23(14-16)19(20-3)21-11-12-22-28(25,26)17-9-7-15(2)8-10-17;/h7-10,16,22H,4-6,11-14H2,1-3H3,(H,20,21);1H. The van der Waals surface area contributed by atoms with Gasteiger partial charge in [0.25, 0.3) is 0 Å². The third-order valence-corrected chi connectivity index (χ3v) is 6.06. The molecule has 1 fully saturated rings. The first-order valence-corrected chi connectivity index (χ1v) is 11.0. The van der Waals surface area contributed by atoms with Crippen LogP contribution in [0.15, 0.2) is 34.2 Å². The Morgan fingerprint density at radius 3 is 2.59 bits per heavy atom. The smallest absolute Gasteiger partial charge is 0.310 e. The first-order valence-electron chi connectivity index (χ1n) is 9.56. The van der Waals surface area contributed by atoms with Crippen molar-refractivity contribution in [1.29, 1.82) is 0 Å². The second-order valence-corrected chi connectivity index (χ2v) is 8.49. The molecule has 164 valence electrons. The molecule has 0 aromatic heterocycles. The maximum absolute atomic E-state index is 12.3. The lowest BCUT2D eigenvalue weighted by Gasteiger charge is -2.33. The van der Waals surface area contributed by atoms with E-state index in [2.05, 4.69) is 15.0 Å². The minimum atomic E-state index is -3.54. The second-order valence-electron chi connectivity index (χ2n) is 6.72. The molecule has 1 aliphatic heterocycles. The molecule has 1 aromatic rings. The summed E-state index contributed by atoms with van der Waals surface area (Å²) in [6, 6.07) is 6.72. The molecule has 0 radical (unpaired) electrons. The van der Waals surface area contributed by atoms with Crippen LogP contribution in [0, 0.1) is 12.8 Å². The highest BCUT2D eigenvalue weighted by Crippen LogP contribution is 2.18. The predicted molar refractivity (Wildman–Crippen MR) is 124 cm³/mol. The van der Waals surface area contributed by atoms with Gasteiger partial charge in [-0.3, -0.25) is 9.79 Å². The molecule has 10 heteroatoms. The van der Waals surface area contributed by atoms with Gasteiger partial charge in [-0.05, 0) is 38.8 Å². The lowest BCUT2D eigenvalue weighted by Crippen LogP contribution is -2.49. The highest BCUT2D eigenvalue weighted by atomic mass is 127. The molecule has 1 aromatic carbocycles. The van der Waals surface area contributed by atoms with E-state index in [0.717, 1.165) is 24.9 Å². The number of hydrogen-bond acceptors (Lipinski definition) is 5. The molecule has 1 atom stereocenters. The average Bonchev–Trinajstić information content (AvgIpc) is 2.68. The molecular weight excluding hydrogens is 507 g/mol. The number of sulfonamides is 1. The number of aliphatic imine (C=N–C) groups is 1. The van der Waals surface area contributed by atoms with E-state index in [1.54, 1.807) is 38.2 Å². The lowest BCUT2D eigenvalue weighted by molar-refractivity contribution is -0.149. The molecule has 2 rings (SSSR count). The van der Waals surface area contributed by atoms with Gasteiger partial charge >= 0.3 is 5.97 Å². The first-order chi connectivity index (χ1) is 13.4. The molecule has 29 heavy (non-hydrogen) atoms. The number of esters is 1. The molecule has 0 aliphatic carbocycles. The Morgan fingerprint density at radius 1 is 1.28 bits per heavy atom. The highest BCUT2D eigenvalue weighted by molar-refractivity contribution is 14.0. The number of hydrogen-bond donors (Lipinski definition) is 2. The highest BCUT2D eigenvalue weighted by Gasteiger charge is 2.28. The molecule has 2 N–H and O–H groups in total. The van der Waals surface area contributed by atoms with Crippen LogP contribution in [0.25, 0.3) is 0 Å². The van der Waals surface area contributed by atoms with Crippen LogP contribution in [0.3, 0.4) is 0 Å². The number of carbonyl (C=O) groups excluding carboxylic acids is 1. The quantitative estimate of drug-likeness (QED) is 0.181. The van der Waals surface area contributed by atoms with Crippen LogP contribution >= 0.6 is 24.0 Å². The minimum absolute atomic E-state index is 0. The second kappa shape index (κ2) is 12.3. The number of nitrogens with one attached hydrogen (secondary N) is 2. The topological polar surface area (TPSA) is 100 Å². The number of carbonyl (C=O) groups is 1. The number of aryl methyl sites for hydroxylation is 1. The number of rotatable bonds is 7. The predicted octanol–water partition coefficient (Wildman–Crippen LogP) is 1.74. The number of benzene rings is 1. The van der Waals surface area contributed by atoms with Crippen LogP contribution < -0.4 is 10.0 Å². The van der Waals surface area contributed by atoms with Crippen molar-refractivity contribution in [2.45, 2.75) is 31.6 Å². The zero-order chi connectivity index (χ0) is 20.6. The SMILES string of the molecule is CCOC(=O)C1CCCN(C(=NC)NCCNS(=O)(=O)c2ccc(C)cc2)C1.I. The Kier molecular flexibility index (Phi) is 10.9. The van der Waals surface area contributed by atoms with Crippen LogP contribution in [0.4, 0.5) is 0 Å². The summed E-state index contributed by atoms with van der Waals surface area (Å²) in [6.07, 6.45) is 1.69. The molecule has 1 heterocycles. The van der Waals surface area contributed by atoms with Crippen molar-refractivity contribution in [1.82, 2.24) is 14.9 Å². The van der Waals surface area contributed by atoms with Crippen molar-refractivity contribution < 1.29 is 17.9 Å². The van der Waals surface area contributed by atoms with Gasteiger partial charge in [-0.25, -0.2) is 13.1 Å². The fourth-order valence-electron chi connectivity index (χ4n) is 3.11. The number of piperidine rings is 1. The number of likely N-dealkylation sites (tertiary alicyclic amines) is 1. The van der Waals surface area contributed by atoms with E-state index in [9.17, 15) is 13.2 Å². The van der Waals surface area contributed by atoms with Crippen molar-refractivity contribution in [2.24, 2.45) is 10.9 Å². The molecule has 0 spiro atoms. The summed E-state index contributed by atoms with van der Waals surface area (Å²) in [5, 5.41) is 3.16. The van der Waals surface area contributed by atoms with Crippen molar-refractivity contribution in [3.05, 3.63) is 29.8 Å². The number of guanidine groups is 1. The zero-order valence-electron chi connectivity index (χ0n) is 17.2. The zero-order valence-corrected chi connectivity index (χ0v) is 20.3. The Morgan fingerprint density at radius 2 is 1.97 bits per heavy atom. The third-order valence-electron chi connectivity index (χ3n) is 4.58. The summed E-state index contributed by atoms with van der Waals surface area (Å²) >= 11 is 0. The van der Waals surface area contributed by atoms with E-state index in [4.69, 9.17) is 4.74 Å². The van der Waals surface area contributed by atoms with E-state index in [1.807, 2.05) is 11.8 Å². The van der Waals surface area contributed by atoms with E-state index >= 15 is 0 Å². The molecule has 0 bridgehead atoms. The monoisotopic (exact) mass is 538 g/mol. The lowest BCUT2D eigenvalue weighted by atomic mass is 9.98. The summed E-state index contributed by atoms with van der Waals surface area (Å²) in [5.41, 5.74) is 1.01.